The van der Waals surface area contributed by atoms with Crippen molar-refractivity contribution in [3.8, 4) is 0 Å². The number of nitrogens with one attached hydrogen (secondary N) is 2. The van der Waals surface area contributed by atoms with Crippen LogP contribution in [-0.4, -0.2) is 38.0 Å². The summed E-state index contributed by atoms with van der Waals surface area (Å²) >= 11 is 0. The summed E-state index contributed by atoms with van der Waals surface area (Å²) in [5.74, 6) is 0.238. The molecule has 1 aromatic rings. The van der Waals surface area contributed by atoms with Crippen LogP contribution in [0.2, 0.25) is 0 Å². The molecule has 4 heteroatoms. The van der Waals surface area contributed by atoms with E-state index in [9.17, 15) is 4.79 Å². The van der Waals surface area contributed by atoms with E-state index in [1.54, 1.807) is 0 Å². The number of anilines is 1. The number of carbonyl (C=O) groups excluding carboxylic acids is 1. The lowest BCUT2D eigenvalue weighted by Gasteiger charge is -2.17. The van der Waals surface area contributed by atoms with Gasteiger partial charge < -0.3 is 15.5 Å². The molecule has 4 nitrogen and oxygen atoms in total. The Morgan fingerprint density at radius 1 is 1.47 bits per heavy atom. The van der Waals surface area contributed by atoms with Crippen LogP contribution < -0.4 is 10.6 Å². The van der Waals surface area contributed by atoms with Crippen molar-refractivity contribution in [1.82, 2.24) is 10.2 Å². The second kappa shape index (κ2) is 6.17. The summed E-state index contributed by atoms with van der Waals surface area (Å²) < 4.78 is 0. The molecule has 1 aliphatic rings. The highest BCUT2D eigenvalue weighted by atomic mass is 16.1. The maximum atomic E-state index is 12.2. The average molecular weight is 261 g/mol. The van der Waals surface area contributed by atoms with E-state index in [4.69, 9.17) is 0 Å². The van der Waals surface area contributed by atoms with E-state index >= 15 is 0 Å². The van der Waals surface area contributed by atoms with Crippen molar-refractivity contribution in [2.75, 3.05) is 32.5 Å². The molecule has 1 aromatic carbocycles. The molecule has 0 radical (unpaired) electrons. The van der Waals surface area contributed by atoms with Gasteiger partial charge in [0.25, 0.3) is 0 Å². The molecule has 1 atom stereocenters. The third-order valence-electron chi connectivity index (χ3n) is 3.44. The van der Waals surface area contributed by atoms with E-state index in [2.05, 4.69) is 28.5 Å². The van der Waals surface area contributed by atoms with Gasteiger partial charge in [-0.05, 0) is 45.6 Å². The summed E-state index contributed by atoms with van der Waals surface area (Å²) in [5, 5.41) is 6.31. The third kappa shape index (κ3) is 3.78. The summed E-state index contributed by atoms with van der Waals surface area (Å²) in [6.07, 6.45) is 0.931. The Balaban J connectivity index is 2.11. The minimum Gasteiger partial charge on any atom is -0.326 e. The Hall–Kier alpha value is -1.39. The predicted molar refractivity (Wildman–Crippen MR) is 78.2 cm³/mol. The van der Waals surface area contributed by atoms with E-state index in [0.717, 1.165) is 31.7 Å². The van der Waals surface area contributed by atoms with Gasteiger partial charge in [-0.2, -0.15) is 0 Å². The fourth-order valence-electron chi connectivity index (χ4n) is 2.43. The van der Waals surface area contributed by atoms with Crippen LogP contribution in [0.1, 0.15) is 17.5 Å². The Bertz CT molecular complexity index is 451. The van der Waals surface area contributed by atoms with Gasteiger partial charge in [0.15, 0.2) is 0 Å². The van der Waals surface area contributed by atoms with Crippen molar-refractivity contribution in [1.29, 1.82) is 0 Å². The van der Waals surface area contributed by atoms with E-state index in [1.165, 1.54) is 11.1 Å². The molecule has 1 fully saturated rings. The largest absolute Gasteiger partial charge is 0.326 e. The van der Waals surface area contributed by atoms with Gasteiger partial charge in [0.1, 0.15) is 0 Å². The standard InChI is InChI=1S/C15H23N3O/c1-11-4-5-14(13(8-11)10-18(2)3)17-15(19)12-6-7-16-9-12/h4-5,8,12,16H,6-7,9-10H2,1-3H3,(H,17,19). The number of carbonyl (C=O) groups is 1. The van der Waals surface area contributed by atoms with E-state index in [0.29, 0.717) is 0 Å². The zero-order valence-electron chi connectivity index (χ0n) is 12.0. The molecule has 1 aliphatic heterocycles. The Morgan fingerprint density at radius 3 is 2.89 bits per heavy atom. The quantitative estimate of drug-likeness (QED) is 0.865. The minimum atomic E-state index is 0.105. The predicted octanol–water partition coefficient (Wildman–Crippen LogP) is 1.60. The Labute approximate surface area is 115 Å². The fraction of sp³-hybridized carbons (Fsp3) is 0.533. The molecule has 2 N–H and O–H groups in total. The van der Waals surface area contributed by atoms with E-state index in [-0.39, 0.29) is 11.8 Å². The van der Waals surface area contributed by atoms with E-state index < -0.39 is 0 Å². The summed E-state index contributed by atoms with van der Waals surface area (Å²) in [5.41, 5.74) is 3.33. The molecule has 0 aliphatic carbocycles. The topological polar surface area (TPSA) is 44.4 Å². The second-order valence-corrected chi connectivity index (χ2v) is 5.58. The molecule has 2 rings (SSSR count). The normalized spacial score (nSPS) is 18.8. The number of aryl methyl sites for hydroxylation is 1. The first-order valence-electron chi connectivity index (χ1n) is 6.82. The zero-order valence-corrected chi connectivity index (χ0v) is 12.0. The molecule has 1 saturated heterocycles. The summed E-state index contributed by atoms with van der Waals surface area (Å²) in [7, 11) is 4.07. The van der Waals surface area contributed by atoms with Gasteiger partial charge in [0.2, 0.25) is 5.91 Å². The van der Waals surface area contributed by atoms with Crippen LogP contribution in [-0.2, 0) is 11.3 Å². The van der Waals surface area contributed by atoms with Crippen molar-refractivity contribution in [2.45, 2.75) is 19.9 Å². The number of hydrogen-bond acceptors (Lipinski definition) is 3. The SMILES string of the molecule is Cc1ccc(NC(=O)C2CCNC2)c(CN(C)C)c1. The van der Waals surface area contributed by atoms with Gasteiger partial charge in [-0.1, -0.05) is 17.7 Å². The van der Waals surface area contributed by atoms with Gasteiger partial charge >= 0.3 is 0 Å². The molecule has 0 aromatic heterocycles. The molecule has 1 heterocycles. The van der Waals surface area contributed by atoms with Crippen molar-refractivity contribution in [2.24, 2.45) is 5.92 Å². The van der Waals surface area contributed by atoms with Crippen molar-refractivity contribution >= 4 is 11.6 Å². The smallest absolute Gasteiger partial charge is 0.228 e. The van der Waals surface area contributed by atoms with E-state index in [1.807, 2.05) is 26.2 Å². The van der Waals surface area contributed by atoms with Gasteiger partial charge in [0.05, 0.1) is 5.92 Å². The molecule has 104 valence electrons. The highest BCUT2D eigenvalue weighted by Gasteiger charge is 2.22. The Kier molecular flexibility index (Phi) is 4.56. The first-order valence-corrected chi connectivity index (χ1v) is 6.82. The molecule has 0 saturated carbocycles. The average Bonchev–Trinajstić information content (AvgIpc) is 2.85. The molecular weight excluding hydrogens is 238 g/mol. The summed E-state index contributed by atoms with van der Waals surface area (Å²) in [6, 6.07) is 6.19. The number of hydrogen-bond donors (Lipinski definition) is 2. The molecule has 19 heavy (non-hydrogen) atoms. The van der Waals surface area contributed by atoms with Crippen LogP contribution in [0.25, 0.3) is 0 Å². The summed E-state index contributed by atoms with van der Waals surface area (Å²) in [6.45, 7) is 4.64. The van der Waals surface area contributed by atoms with Crippen LogP contribution in [0.15, 0.2) is 18.2 Å². The second-order valence-electron chi connectivity index (χ2n) is 5.58. The molecule has 1 unspecified atom stereocenters. The maximum absolute atomic E-state index is 12.2. The zero-order chi connectivity index (χ0) is 13.8. The van der Waals surface area contributed by atoms with Gasteiger partial charge in [-0.3, -0.25) is 4.79 Å². The van der Waals surface area contributed by atoms with Gasteiger partial charge in [-0.25, -0.2) is 0 Å². The lowest BCUT2D eigenvalue weighted by molar-refractivity contribution is -0.119. The third-order valence-corrected chi connectivity index (χ3v) is 3.44. The van der Waals surface area contributed by atoms with Crippen LogP contribution >= 0.6 is 0 Å². The fourth-order valence-corrected chi connectivity index (χ4v) is 2.43. The monoisotopic (exact) mass is 261 g/mol. The maximum Gasteiger partial charge on any atom is 0.228 e. The van der Waals surface area contributed by atoms with Crippen LogP contribution in [0.5, 0.6) is 0 Å². The van der Waals surface area contributed by atoms with Gasteiger partial charge in [-0.15, -0.1) is 0 Å². The molecule has 0 bridgehead atoms. The number of rotatable bonds is 4. The number of nitrogens with zero attached hydrogens (tertiary/aromatic N) is 1. The Morgan fingerprint density at radius 2 is 2.26 bits per heavy atom. The van der Waals surface area contributed by atoms with Crippen molar-refractivity contribution in [3.63, 3.8) is 0 Å². The summed E-state index contributed by atoms with van der Waals surface area (Å²) in [4.78, 5) is 14.3. The highest BCUT2D eigenvalue weighted by Crippen LogP contribution is 2.20. The highest BCUT2D eigenvalue weighted by molar-refractivity contribution is 5.93. The van der Waals surface area contributed by atoms with Gasteiger partial charge in [0, 0.05) is 18.8 Å². The lowest BCUT2D eigenvalue weighted by Crippen LogP contribution is -2.25. The minimum absolute atomic E-state index is 0.105. The van der Waals surface area contributed by atoms with Crippen molar-refractivity contribution < 1.29 is 4.79 Å². The van der Waals surface area contributed by atoms with Crippen LogP contribution in [0, 0.1) is 12.8 Å². The molecule has 1 amide bonds. The van der Waals surface area contributed by atoms with Crippen LogP contribution in [0.4, 0.5) is 5.69 Å². The first-order chi connectivity index (χ1) is 9.06. The van der Waals surface area contributed by atoms with Crippen LogP contribution in [0.3, 0.4) is 0 Å². The molecule has 0 spiro atoms. The number of benzene rings is 1. The van der Waals surface area contributed by atoms with Crippen molar-refractivity contribution in [3.05, 3.63) is 29.3 Å². The lowest BCUT2D eigenvalue weighted by atomic mass is 10.1. The number of amides is 1. The first kappa shape index (κ1) is 14.0. The molecular formula is C15H23N3O.